The van der Waals surface area contributed by atoms with Crippen LogP contribution in [0, 0.1) is 6.92 Å². The third kappa shape index (κ3) is 3.32. The van der Waals surface area contributed by atoms with E-state index in [0.29, 0.717) is 11.5 Å². The van der Waals surface area contributed by atoms with Crippen molar-refractivity contribution in [3.8, 4) is 17.2 Å². The molecule has 3 aromatic rings. The van der Waals surface area contributed by atoms with Crippen LogP contribution in [0.5, 0.6) is 17.2 Å². The van der Waals surface area contributed by atoms with Crippen molar-refractivity contribution in [1.82, 2.24) is 15.0 Å². The molecule has 0 spiro atoms. The van der Waals surface area contributed by atoms with Crippen molar-refractivity contribution in [3.05, 3.63) is 42.5 Å². The highest BCUT2D eigenvalue weighted by Gasteiger charge is 2.27. The van der Waals surface area contributed by atoms with E-state index in [1.165, 1.54) is 0 Å². The number of rotatable bonds is 5. The Morgan fingerprint density at radius 1 is 1.07 bits per heavy atom. The van der Waals surface area contributed by atoms with Gasteiger partial charge < -0.3 is 19.1 Å². The highest BCUT2D eigenvalue weighted by atomic mass is 16.5. The fourth-order valence-electron chi connectivity index (χ4n) is 3.41. The summed E-state index contributed by atoms with van der Waals surface area (Å²) in [5.74, 6) is 3.10. The van der Waals surface area contributed by atoms with E-state index in [0.717, 1.165) is 47.5 Å². The summed E-state index contributed by atoms with van der Waals surface area (Å²) in [6.07, 6.45) is 6.20. The number of hydrogen-bond donors (Lipinski definition) is 0. The van der Waals surface area contributed by atoms with Gasteiger partial charge in [-0.05, 0) is 19.1 Å². The summed E-state index contributed by atoms with van der Waals surface area (Å²) in [6, 6.07) is 5.73. The van der Waals surface area contributed by atoms with E-state index < -0.39 is 0 Å². The summed E-state index contributed by atoms with van der Waals surface area (Å²) in [5.41, 5.74) is 1.87. The smallest absolute Gasteiger partial charge is 0.162 e. The van der Waals surface area contributed by atoms with Gasteiger partial charge in [-0.25, -0.2) is 9.97 Å². The SMILES string of the molecule is COc1cc2ncnc(N3CCC(Oc4ccncc4C)C3)c2cc1OC. The number of hydrogen-bond acceptors (Lipinski definition) is 7. The van der Waals surface area contributed by atoms with Gasteiger partial charge in [-0.1, -0.05) is 0 Å². The van der Waals surface area contributed by atoms with Crippen LogP contribution in [0.25, 0.3) is 10.9 Å². The molecule has 27 heavy (non-hydrogen) atoms. The van der Waals surface area contributed by atoms with Crippen molar-refractivity contribution in [2.24, 2.45) is 0 Å². The molecule has 1 atom stereocenters. The van der Waals surface area contributed by atoms with Crippen LogP contribution in [0.1, 0.15) is 12.0 Å². The van der Waals surface area contributed by atoms with Gasteiger partial charge in [-0.3, -0.25) is 4.98 Å². The minimum atomic E-state index is 0.108. The van der Waals surface area contributed by atoms with Crippen LogP contribution in [0.3, 0.4) is 0 Å². The molecular formula is C20H22N4O3. The standard InChI is InChI=1S/C20H22N4O3/c1-13-10-21-6-4-17(13)27-14-5-7-24(11-14)20-15-8-18(25-2)19(26-3)9-16(15)22-12-23-20/h4,6,8-10,12,14H,5,7,11H2,1-3H3. The summed E-state index contributed by atoms with van der Waals surface area (Å²) < 4.78 is 17.0. The van der Waals surface area contributed by atoms with E-state index in [1.54, 1.807) is 26.7 Å². The minimum absolute atomic E-state index is 0.108. The molecule has 1 aliphatic heterocycles. The van der Waals surface area contributed by atoms with Crippen LogP contribution in [-0.4, -0.2) is 48.4 Å². The van der Waals surface area contributed by atoms with Gasteiger partial charge in [0, 0.05) is 42.4 Å². The topological polar surface area (TPSA) is 69.6 Å². The lowest BCUT2D eigenvalue weighted by Crippen LogP contribution is -2.25. The summed E-state index contributed by atoms with van der Waals surface area (Å²) in [6.45, 7) is 3.64. The molecule has 0 bridgehead atoms. The Bertz CT molecular complexity index is 963. The van der Waals surface area contributed by atoms with Gasteiger partial charge in [0.15, 0.2) is 11.5 Å². The van der Waals surface area contributed by atoms with Crippen LogP contribution in [0.4, 0.5) is 5.82 Å². The zero-order valence-corrected chi connectivity index (χ0v) is 15.7. The molecule has 1 unspecified atom stereocenters. The molecule has 1 aromatic carbocycles. The highest BCUT2D eigenvalue weighted by molar-refractivity contribution is 5.92. The van der Waals surface area contributed by atoms with Crippen molar-refractivity contribution in [2.75, 3.05) is 32.2 Å². The highest BCUT2D eigenvalue weighted by Crippen LogP contribution is 2.35. The zero-order valence-electron chi connectivity index (χ0n) is 15.7. The van der Waals surface area contributed by atoms with Gasteiger partial charge in [-0.15, -0.1) is 0 Å². The number of fused-ring (bicyclic) bond motifs is 1. The first-order valence-electron chi connectivity index (χ1n) is 8.88. The number of aromatic nitrogens is 3. The van der Waals surface area contributed by atoms with Crippen molar-refractivity contribution >= 4 is 16.7 Å². The first kappa shape index (κ1) is 17.3. The average Bonchev–Trinajstić information content (AvgIpc) is 3.16. The van der Waals surface area contributed by atoms with Crippen molar-refractivity contribution < 1.29 is 14.2 Å². The van der Waals surface area contributed by atoms with E-state index in [4.69, 9.17) is 14.2 Å². The van der Waals surface area contributed by atoms with Crippen molar-refractivity contribution in [1.29, 1.82) is 0 Å². The van der Waals surface area contributed by atoms with Crippen LogP contribution in [-0.2, 0) is 0 Å². The van der Waals surface area contributed by atoms with E-state index in [2.05, 4.69) is 19.9 Å². The van der Waals surface area contributed by atoms with Crippen LogP contribution in [0.15, 0.2) is 36.9 Å². The summed E-state index contributed by atoms with van der Waals surface area (Å²) in [5, 5.41) is 0.941. The van der Waals surface area contributed by atoms with Gasteiger partial charge >= 0.3 is 0 Å². The summed E-state index contributed by atoms with van der Waals surface area (Å²) in [4.78, 5) is 15.3. The van der Waals surface area contributed by atoms with Crippen molar-refractivity contribution in [2.45, 2.75) is 19.4 Å². The molecule has 140 valence electrons. The maximum atomic E-state index is 6.18. The molecule has 0 N–H and O–H groups in total. The number of ether oxygens (including phenoxy) is 3. The van der Waals surface area contributed by atoms with Gasteiger partial charge in [-0.2, -0.15) is 0 Å². The number of anilines is 1. The Hall–Kier alpha value is -3.09. The van der Waals surface area contributed by atoms with E-state index >= 15 is 0 Å². The quantitative estimate of drug-likeness (QED) is 0.687. The lowest BCUT2D eigenvalue weighted by molar-refractivity contribution is 0.223. The Balaban J connectivity index is 1.60. The number of benzene rings is 1. The largest absolute Gasteiger partial charge is 0.493 e. The fraction of sp³-hybridized carbons (Fsp3) is 0.350. The number of aryl methyl sites for hydroxylation is 1. The second kappa shape index (κ2) is 7.26. The van der Waals surface area contributed by atoms with Gasteiger partial charge in [0.05, 0.1) is 26.3 Å². The molecule has 1 saturated heterocycles. The molecule has 1 aliphatic rings. The van der Waals surface area contributed by atoms with Crippen LogP contribution >= 0.6 is 0 Å². The molecular weight excluding hydrogens is 344 g/mol. The van der Waals surface area contributed by atoms with Gasteiger partial charge in [0.2, 0.25) is 0 Å². The molecule has 2 aromatic heterocycles. The van der Waals surface area contributed by atoms with E-state index in [9.17, 15) is 0 Å². The second-order valence-corrected chi connectivity index (χ2v) is 6.54. The van der Waals surface area contributed by atoms with Gasteiger partial charge in [0.25, 0.3) is 0 Å². The third-order valence-corrected chi connectivity index (χ3v) is 4.83. The molecule has 3 heterocycles. The summed E-state index contributed by atoms with van der Waals surface area (Å²) >= 11 is 0. The maximum absolute atomic E-state index is 6.18. The predicted octanol–water partition coefficient (Wildman–Crippen LogP) is 3.01. The Labute approximate surface area is 157 Å². The Morgan fingerprint density at radius 3 is 2.67 bits per heavy atom. The summed E-state index contributed by atoms with van der Waals surface area (Å²) in [7, 11) is 3.25. The molecule has 0 amide bonds. The lowest BCUT2D eigenvalue weighted by Gasteiger charge is -2.20. The Morgan fingerprint density at radius 2 is 1.89 bits per heavy atom. The molecule has 7 heteroatoms. The molecule has 7 nitrogen and oxygen atoms in total. The third-order valence-electron chi connectivity index (χ3n) is 4.83. The molecule has 0 saturated carbocycles. The van der Waals surface area contributed by atoms with Crippen LogP contribution < -0.4 is 19.1 Å². The minimum Gasteiger partial charge on any atom is -0.493 e. The second-order valence-electron chi connectivity index (χ2n) is 6.54. The molecule has 0 radical (unpaired) electrons. The van der Waals surface area contributed by atoms with Gasteiger partial charge in [0.1, 0.15) is 24.0 Å². The van der Waals surface area contributed by atoms with E-state index in [1.807, 2.05) is 31.3 Å². The molecule has 1 fully saturated rings. The zero-order chi connectivity index (χ0) is 18.8. The van der Waals surface area contributed by atoms with Crippen molar-refractivity contribution in [3.63, 3.8) is 0 Å². The Kier molecular flexibility index (Phi) is 4.66. The molecule has 4 rings (SSSR count). The first-order chi connectivity index (χ1) is 13.2. The lowest BCUT2D eigenvalue weighted by atomic mass is 10.2. The fourth-order valence-corrected chi connectivity index (χ4v) is 3.41. The average molecular weight is 366 g/mol. The number of nitrogens with zero attached hydrogens (tertiary/aromatic N) is 4. The monoisotopic (exact) mass is 366 g/mol. The number of methoxy groups -OCH3 is 2. The van der Waals surface area contributed by atoms with E-state index in [-0.39, 0.29) is 6.10 Å². The molecule has 0 aliphatic carbocycles. The normalized spacial score (nSPS) is 16.6. The van der Waals surface area contributed by atoms with Crippen LogP contribution in [0.2, 0.25) is 0 Å². The maximum Gasteiger partial charge on any atom is 0.162 e. The number of pyridine rings is 1. The predicted molar refractivity (Wildman–Crippen MR) is 103 cm³/mol. The first-order valence-corrected chi connectivity index (χ1v) is 8.88.